The third-order valence-electron chi connectivity index (χ3n) is 2.33. The Balaban J connectivity index is 2.83. The van der Waals surface area contributed by atoms with E-state index in [0.29, 0.717) is 17.0 Å². The molecule has 0 amide bonds. The number of aromatic nitrogens is 3. The first-order valence-corrected chi connectivity index (χ1v) is 5.05. The number of hydrogen-bond acceptors (Lipinski definition) is 4. The molecular formula is C11H13N3O2. The summed E-state index contributed by atoms with van der Waals surface area (Å²) in [7, 11) is 1.54. The smallest absolute Gasteiger partial charge is 0.270 e. The molecule has 0 N–H and O–H groups in total. The second kappa shape index (κ2) is 3.92. The van der Waals surface area contributed by atoms with Crippen LogP contribution in [0.2, 0.25) is 0 Å². The Morgan fingerprint density at radius 2 is 2.12 bits per heavy atom. The van der Waals surface area contributed by atoms with Crippen molar-refractivity contribution in [2.75, 3.05) is 7.11 Å². The predicted molar refractivity (Wildman–Crippen MR) is 60.7 cm³/mol. The van der Waals surface area contributed by atoms with Crippen molar-refractivity contribution in [3.63, 3.8) is 0 Å². The predicted octanol–water partition coefficient (Wildman–Crippen LogP) is 1.38. The molecule has 2 aromatic heterocycles. The highest BCUT2D eigenvalue weighted by atomic mass is 16.5. The van der Waals surface area contributed by atoms with Gasteiger partial charge in [-0.25, -0.2) is 4.98 Å². The molecule has 84 valence electrons. The second-order valence-electron chi connectivity index (χ2n) is 3.76. The molecule has 2 heterocycles. The van der Waals surface area contributed by atoms with E-state index in [1.807, 2.05) is 13.8 Å². The maximum Gasteiger partial charge on any atom is 0.270 e. The molecule has 0 aliphatic heterocycles. The van der Waals surface area contributed by atoms with Gasteiger partial charge in [-0.2, -0.15) is 4.98 Å². The van der Waals surface area contributed by atoms with Crippen LogP contribution in [0.5, 0.6) is 5.88 Å². The topological polar surface area (TPSA) is 57.0 Å². The van der Waals surface area contributed by atoms with E-state index >= 15 is 0 Å². The minimum Gasteiger partial charge on any atom is -0.481 e. The highest BCUT2D eigenvalue weighted by Crippen LogP contribution is 2.15. The number of ether oxygens (including phenoxy) is 1. The molecule has 0 aromatic carbocycles. The summed E-state index contributed by atoms with van der Waals surface area (Å²) in [6, 6.07) is 3.56. The van der Waals surface area contributed by atoms with Crippen molar-refractivity contribution < 1.29 is 4.74 Å². The summed E-state index contributed by atoms with van der Waals surface area (Å²) < 4.78 is 6.64. The number of hydrogen-bond donors (Lipinski definition) is 0. The number of methoxy groups -OCH3 is 1. The summed E-state index contributed by atoms with van der Waals surface area (Å²) >= 11 is 0. The summed E-state index contributed by atoms with van der Waals surface area (Å²) in [6.07, 6.45) is 1.32. The molecule has 0 saturated carbocycles. The molecule has 0 aliphatic rings. The zero-order valence-corrected chi connectivity index (χ0v) is 9.47. The monoisotopic (exact) mass is 219 g/mol. The fourth-order valence-corrected chi connectivity index (χ4v) is 1.61. The Bertz CT molecular complexity index is 575. The average molecular weight is 219 g/mol. The summed E-state index contributed by atoms with van der Waals surface area (Å²) in [5.41, 5.74) is 1.10. The van der Waals surface area contributed by atoms with Crippen molar-refractivity contribution in [3.8, 4) is 5.88 Å². The standard InChI is InChI=1S/C11H13N3O2/c1-7(2)14-10(15)6-12-8-4-5-9(16-3)13-11(8)14/h4-7H,1-3H3. The molecule has 2 rings (SSSR count). The van der Waals surface area contributed by atoms with E-state index in [0.717, 1.165) is 0 Å². The highest BCUT2D eigenvalue weighted by Gasteiger charge is 2.09. The van der Waals surface area contributed by atoms with E-state index in [1.165, 1.54) is 6.20 Å². The van der Waals surface area contributed by atoms with E-state index in [4.69, 9.17) is 4.74 Å². The molecule has 5 heteroatoms. The molecule has 5 nitrogen and oxygen atoms in total. The van der Waals surface area contributed by atoms with Gasteiger partial charge in [-0.3, -0.25) is 9.36 Å². The van der Waals surface area contributed by atoms with E-state index in [1.54, 1.807) is 23.8 Å². The van der Waals surface area contributed by atoms with Crippen LogP contribution in [0.25, 0.3) is 11.2 Å². The largest absolute Gasteiger partial charge is 0.481 e. The van der Waals surface area contributed by atoms with Gasteiger partial charge in [0.25, 0.3) is 5.56 Å². The van der Waals surface area contributed by atoms with Crippen molar-refractivity contribution in [1.82, 2.24) is 14.5 Å². The lowest BCUT2D eigenvalue weighted by Crippen LogP contribution is -2.22. The number of nitrogens with zero attached hydrogens (tertiary/aromatic N) is 3. The van der Waals surface area contributed by atoms with Gasteiger partial charge in [0.05, 0.1) is 13.3 Å². The van der Waals surface area contributed by atoms with E-state index in [9.17, 15) is 4.79 Å². The Hall–Kier alpha value is -1.91. The normalized spacial score (nSPS) is 11.0. The number of fused-ring (bicyclic) bond motifs is 1. The zero-order valence-electron chi connectivity index (χ0n) is 9.47. The Labute approximate surface area is 92.7 Å². The first-order valence-electron chi connectivity index (χ1n) is 5.05. The van der Waals surface area contributed by atoms with Crippen LogP contribution in [0, 0.1) is 0 Å². The van der Waals surface area contributed by atoms with Gasteiger partial charge >= 0.3 is 0 Å². The van der Waals surface area contributed by atoms with Gasteiger partial charge in [0, 0.05) is 12.1 Å². The molecule has 0 radical (unpaired) electrons. The minimum atomic E-state index is -0.150. The summed E-state index contributed by atoms with van der Waals surface area (Å²) in [4.78, 5) is 20.0. The van der Waals surface area contributed by atoms with E-state index in [-0.39, 0.29) is 11.6 Å². The molecule has 16 heavy (non-hydrogen) atoms. The molecule has 0 fully saturated rings. The third kappa shape index (κ3) is 1.64. The van der Waals surface area contributed by atoms with Crippen LogP contribution in [0.15, 0.2) is 23.1 Å². The minimum absolute atomic E-state index is 0.0395. The Morgan fingerprint density at radius 1 is 1.38 bits per heavy atom. The van der Waals surface area contributed by atoms with Crippen molar-refractivity contribution in [3.05, 3.63) is 28.7 Å². The molecule has 0 atom stereocenters. The van der Waals surface area contributed by atoms with Gasteiger partial charge in [-0.05, 0) is 19.9 Å². The fourth-order valence-electron chi connectivity index (χ4n) is 1.61. The average Bonchev–Trinajstić information content (AvgIpc) is 2.27. The molecule has 2 aromatic rings. The lowest BCUT2D eigenvalue weighted by molar-refractivity contribution is 0.398. The van der Waals surface area contributed by atoms with Crippen LogP contribution in [-0.2, 0) is 0 Å². The quantitative estimate of drug-likeness (QED) is 0.765. The fraction of sp³-hybridized carbons (Fsp3) is 0.364. The Morgan fingerprint density at radius 3 is 2.75 bits per heavy atom. The third-order valence-corrected chi connectivity index (χ3v) is 2.33. The maximum atomic E-state index is 11.7. The van der Waals surface area contributed by atoms with Crippen LogP contribution in [0.3, 0.4) is 0 Å². The molecule has 0 aliphatic carbocycles. The molecule has 0 bridgehead atoms. The highest BCUT2D eigenvalue weighted by molar-refractivity contribution is 5.70. The van der Waals surface area contributed by atoms with Crippen LogP contribution < -0.4 is 10.3 Å². The van der Waals surface area contributed by atoms with Crippen molar-refractivity contribution in [2.45, 2.75) is 19.9 Å². The molecular weight excluding hydrogens is 206 g/mol. The van der Waals surface area contributed by atoms with Crippen LogP contribution in [0.1, 0.15) is 19.9 Å². The molecule has 0 unspecified atom stereocenters. The van der Waals surface area contributed by atoms with Gasteiger partial charge in [0.1, 0.15) is 5.52 Å². The second-order valence-corrected chi connectivity index (χ2v) is 3.76. The van der Waals surface area contributed by atoms with E-state index < -0.39 is 0 Å². The first kappa shape index (κ1) is 10.6. The van der Waals surface area contributed by atoms with Crippen LogP contribution in [-0.4, -0.2) is 21.6 Å². The lowest BCUT2D eigenvalue weighted by atomic mass is 10.3. The van der Waals surface area contributed by atoms with Gasteiger partial charge in [0.15, 0.2) is 5.65 Å². The number of pyridine rings is 1. The summed E-state index contributed by atoms with van der Waals surface area (Å²) in [5, 5.41) is 0. The summed E-state index contributed by atoms with van der Waals surface area (Å²) in [6.45, 7) is 3.87. The molecule has 0 spiro atoms. The SMILES string of the molecule is COc1ccc2ncc(=O)n(C(C)C)c2n1. The molecule has 0 saturated heterocycles. The van der Waals surface area contributed by atoms with E-state index in [2.05, 4.69) is 9.97 Å². The van der Waals surface area contributed by atoms with Crippen molar-refractivity contribution in [1.29, 1.82) is 0 Å². The van der Waals surface area contributed by atoms with Crippen molar-refractivity contribution >= 4 is 11.2 Å². The zero-order chi connectivity index (χ0) is 11.7. The number of rotatable bonds is 2. The lowest BCUT2D eigenvalue weighted by Gasteiger charge is -2.12. The van der Waals surface area contributed by atoms with Gasteiger partial charge in [-0.1, -0.05) is 0 Å². The van der Waals surface area contributed by atoms with Gasteiger partial charge in [-0.15, -0.1) is 0 Å². The maximum absolute atomic E-state index is 11.7. The van der Waals surface area contributed by atoms with Crippen LogP contribution >= 0.6 is 0 Å². The Kier molecular flexibility index (Phi) is 2.60. The van der Waals surface area contributed by atoms with Crippen LogP contribution in [0.4, 0.5) is 0 Å². The first-order chi connectivity index (χ1) is 7.63. The van der Waals surface area contributed by atoms with Gasteiger partial charge < -0.3 is 4.74 Å². The van der Waals surface area contributed by atoms with Gasteiger partial charge in [0.2, 0.25) is 5.88 Å². The van der Waals surface area contributed by atoms with Crippen molar-refractivity contribution in [2.24, 2.45) is 0 Å². The summed E-state index contributed by atoms with van der Waals surface area (Å²) in [5.74, 6) is 0.481.